The predicted molar refractivity (Wildman–Crippen MR) is 96.4 cm³/mol. The quantitative estimate of drug-likeness (QED) is 0.805. The highest BCUT2D eigenvalue weighted by Crippen LogP contribution is 2.49. The Kier molecular flexibility index (Phi) is 4.95. The number of ether oxygens (including phenoxy) is 2. The summed E-state index contributed by atoms with van der Waals surface area (Å²) in [6.07, 6.45) is 9.24. The fourth-order valence-corrected chi connectivity index (χ4v) is 4.81. The summed E-state index contributed by atoms with van der Waals surface area (Å²) in [5.41, 5.74) is 8.09. The van der Waals surface area contributed by atoms with Crippen molar-refractivity contribution in [2.75, 3.05) is 25.1 Å². The lowest BCUT2D eigenvalue weighted by Crippen LogP contribution is -2.42. The number of nitrogens with two attached hydrogens (primary N) is 1. The second-order valence-corrected chi connectivity index (χ2v) is 7.55. The van der Waals surface area contributed by atoms with E-state index in [2.05, 4.69) is 23.5 Å². The van der Waals surface area contributed by atoms with E-state index >= 15 is 0 Å². The number of rotatable bonds is 5. The van der Waals surface area contributed by atoms with Gasteiger partial charge in [0.2, 0.25) is 0 Å². The van der Waals surface area contributed by atoms with Crippen LogP contribution in [0.1, 0.15) is 56.6 Å². The van der Waals surface area contributed by atoms with E-state index in [1.807, 2.05) is 0 Å². The van der Waals surface area contributed by atoms with Gasteiger partial charge in [-0.05, 0) is 56.3 Å². The summed E-state index contributed by atoms with van der Waals surface area (Å²) in [6, 6.07) is 7.02. The summed E-state index contributed by atoms with van der Waals surface area (Å²) in [6.45, 7) is 2.24. The van der Waals surface area contributed by atoms with Gasteiger partial charge in [0.15, 0.2) is 0 Å². The Morgan fingerprint density at radius 3 is 2.88 bits per heavy atom. The molecule has 3 atom stereocenters. The van der Waals surface area contributed by atoms with Crippen LogP contribution >= 0.6 is 0 Å². The fourth-order valence-electron chi connectivity index (χ4n) is 4.81. The van der Waals surface area contributed by atoms with Crippen LogP contribution in [0.5, 0.6) is 5.75 Å². The van der Waals surface area contributed by atoms with Gasteiger partial charge in [-0.2, -0.15) is 0 Å². The zero-order valence-corrected chi connectivity index (χ0v) is 14.5. The van der Waals surface area contributed by atoms with Crippen molar-refractivity contribution in [1.82, 2.24) is 0 Å². The molecule has 4 rings (SSSR count). The van der Waals surface area contributed by atoms with Gasteiger partial charge in [-0.15, -0.1) is 0 Å². The molecule has 4 heteroatoms. The number of benzene rings is 1. The van der Waals surface area contributed by atoms with Gasteiger partial charge in [-0.25, -0.2) is 0 Å². The number of hydrogen-bond acceptors (Lipinski definition) is 4. The van der Waals surface area contributed by atoms with Crippen LogP contribution in [0.25, 0.3) is 0 Å². The van der Waals surface area contributed by atoms with E-state index in [1.165, 1.54) is 49.8 Å². The van der Waals surface area contributed by atoms with Crippen molar-refractivity contribution >= 4 is 5.69 Å². The first-order chi connectivity index (χ1) is 11.9. The van der Waals surface area contributed by atoms with Crippen molar-refractivity contribution in [3.8, 4) is 5.75 Å². The van der Waals surface area contributed by atoms with Crippen molar-refractivity contribution in [3.05, 3.63) is 23.8 Å². The van der Waals surface area contributed by atoms with Crippen LogP contribution in [0.15, 0.2) is 18.2 Å². The molecule has 24 heavy (non-hydrogen) atoms. The first kappa shape index (κ1) is 16.2. The molecule has 1 saturated carbocycles. The molecule has 3 N–H and O–H groups in total. The van der Waals surface area contributed by atoms with Gasteiger partial charge in [0.25, 0.3) is 0 Å². The number of hydrogen-bond donors (Lipinski definition) is 2. The van der Waals surface area contributed by atoms with Gasteiger partial charge in [-0.1, -0.05) is 19.3 Å². The van der Waals surface area contributed by atoms with Crippen LogP contribution in [0.2, 0.25) is 0 Å². The van der Waals surface area contributed by atoms with Gasteiger partial charge in [-0.3, -0.25) is 0 Å². The van der Waals surface area contributed by atoms with Crippen LogP contribution in [0.4, 0.5) is 5.69 Å². The average molecular weight is 330 g/mol. The molecule has 132 valence electrons. The number of anilines is 1. The third-order valence-electron chi connectivity index (χ3n) is 6.03. The van der Waals surface area contributed by atoms with Crippen molar-refractivity contribution in [1.29, 1.82) is 0 Å². The molecule has 2 heterocycles. The van der Waals surface area contributed by atoms with E-state index in [0.717, 1.165) is 24.7 Å². The third-order valence-corrected chi connectivity index (χ3v) is 6.03. The van der Waals surface area contributed by atoms with Gasteiger partial charge >= 0.3 is 0 Å². The van der Waals surface area contributed by atoms with E-state index in [1.54, 1.807) is 0 Å². The smallest absolute Gasteiger partial charge is 0.119 e. The molecule has 1 aromatic carbocycles. The van der Waals surface area contributed by atoms with Gasteiger partial charge in [0, 0.05) is 29.8 Å². The standard InChI is InChI=1S/C20H30N2O2/c21-10-4-11-23-15-7-8-18-17(13-15)20-16(9-12-24-20)19(22-18)14-5-2-1-3-6-14/h7-8,13-14,16,19-20,22H,1-6,9-12,21H2/t16-,19?,20-/m0/s1. The van der Waals surface area contributed by atoms with Gasteiger partial charge in [0.1, 0.15) is 5.75 Å². The maximum atomic E-state index is 6.17. The molecule has 1 aromatic rings. The highest BCUT2D eigenvalue weighted by Gasteiger charge is 2.43. The zero-order chi connectivity index (χ0) is 16.4. The van der Waals surface area contributed by atoms with Crippen molar-refractivity contribution in [3.63, 3.8) is 0 Å². The molecule has 0 aromatic heterocycles. The Balaban J connectivity index is 1.55. The molecule has 0 spiro atoms. The van der Waals surface area contributed by atoms with E-state index < -0.39 is 0 Å². The lowest BCUT2D eigenvalue weighted by molar-refractivity contribution is 0.0729. The van der Waals surface area contributed by atoms with Crippen LogP contribution in [0.3, 0.4) is 0 Å². The zero-order valence-electron chi connectivity index (χ0n) is 14.5. The Bertz CT molecular complexity index is 557. The Morgan fingerprint density at radius 2 is 2.04 bits per heavy atom. The fraction of sp³-hybridized carbons (Fsp3) is 0.700. The van der Waals surface area contributed by atoms with Crippen molar-refractivity contribution in [2.45, 2.75) is 57.1 Å². The maximum absolute atomic E-state index is 6.17. The molecule has 0 radical (unpaired) electrons. The lowest BCUT2D eigenvalue weighted by Gasteiger charge is -2.42. The second kappa shape index (κ2) is 7.32. The van der Waals surface area contributed by atoms with Crippen LogP contribution < -0.4 is 15.8 Å². The molecular weight excluding hydrogens is 300 g/mol. The van der Waals surface area contributed by atoms with Crippen LogP contribution in [-0.4, -0.2) is 25.8 Å². The highest BCUT2D eigenvalue weighted by atomic mass is 16.5. The third kappa shape index (κ3) is 3.14. The molecule has 1 unspecified atom stereocenters. The lowest BCUT2D eigenvalue weighted by atomic mass is 9.73. The Hall–Kier alpha value is -1.26. The average Bonchev–Trinajstić information content (AvgIpc) is 3.12. The molecule has 0 amide bonds. The van der Waals surface area contributed by atoms with Crippen LogP contribution in [-0.2, 0) is 4.74 Å². The summed E-state index contributed by atoms with van der Waals surface area (Å²) < 4.78 is 12.0. The molecular formula is C20H30N2O2. The molecule has 2 fully saturated rings. The highest BCUT2D eigenvalue weighted by molar-refractivity contribution is 5.58. The van der Waals surface area contributed by atoms with E-state index in [0.29, 0.717) is 25.1 Å². The van der Waals surface area contributed by atoms with Crippen molar-refractivity contribution < 1.29 is 9.47 Å². The second-order valence-electron chi connectivity index (χ2n) is 7.55. The summed E-state index contributed by atoms with van der Waals surface area (Å²) >= 11 is 0. The Labute approximate surface area is 145 Å². The minimum Gasteiger partial charge on any atom is -0.494 e. The van der Waals surface area contributed by atoms with E-state index in [4.69, 9.17) is 15.2 Å². The SMILES string of the molecule is NCCCOc1ccc2c(c1)[C@H]1OCC[C@H]1C(C1CCCCC1)N2. The number of nitrogens with one attached hydrogen (secondary N) is 1. The molecule has 1 aliphatic carbocycles. The largest absolute Gasteiger partial charge is 0.494 e. The normalized spacial score (nSPS) is 29.6. The summed E-state index contributed by atoms with van der Waals surface area (Å²) in [5, 5.41) is 3.88. The molecule has 1 saturated heterocycles. The molecule has 3 aliphatic rings. The summed E-state index contributed by atoms with van der Waals surface area (Å²) in [5.74, 6) is 2.36. The summed E-state index contributed by atoms with van der Waals surface area (Å²) in [7, 11) is 0. The predicted octanol–water partition coefficient (Wildman–Crippen LogP) is 3.87. The minimum atomic E-state index is 0.242. The minimum absolute atomic E-state index is 0.242. The molecule has 0 bridgehead atoms. The van der Waals surface area contributed by atoms with E-state index in [9.17, 15) is 0 Å². The van der Waals surface area contributed by atoms with Gasteiger partial charge < -0.3 is 20.5 Å². The molecule has 4 nitrogen and oxygen atoms in total. The van der Waals surface area contributed by atoms with E-state index in [-0.39, 0.29) is 6.10 Å². The Morgan fingerprint density at radius 1 is 1.17 bits per heavy atom. The number of fused-ring (bicyclic) bond motifs is 3. The topological polar surface area (TPSA) is 56.5 Å². The summed E-state index contributed by atoms with van der Waals surface area (Å²) in [4.78, 5) is 0. The van der Waals surface area contributed by atoms with Crippen LogP contribution in [0, 0.1) is 11.8 Å². The van der Waals surface area contributed by atoms with Crippen molar-refractivity contribution in [2.24, 2.45) is 17.6 Å². The monoisotopic (exact) mass is 330 g/mol. The first-order valence-corrected chi connectivity index (χ1v) is 9.72. The maximum Gasteiger partial charge on any atom is 0.119 e. The first-order valence-electron chi connectivity index (χ1n) is 9.72. The van der Waals surface area contributed by atoms with Gasteiger partial charge in [0.05, 0.1) is 12.7 Å². The molecule has 2 aliphatic heterocycles.